The highest BCUT2D eigenvalue weighted by atomic mass is 32.2. The Morgan fingerprint density at radius 3 is 2.19 bits per heavy atom. The average molecular weight is 316 g/mol. The normalized spacial score (nSPS) is 11.7. The predicted molar refractivity (Wildman–Crippen MR) is 79.0 cm³/mol. The number of amides is 1. The minimum atomic E-state index is -3.84. The van der Waals surface area contributed by atoms with Gasteiger partial charge in [-0.1, -0.05) is 6.92 Å². The van der Waals surface area contributed by atoms with Gasteiger partial charge >= 0.3 is 0 Å². The highest BCUT2D eigenvalue weighted by Gasteiger charge is 2.28. The van der Waals surface area contributed by atoms with Gasteiger partial charge in [0.05, 0.1) is 11.4 Å². The highest BCUT2D eigenvalue weighted by molar-refractivity contribution is 7.89. The standard InChI is InChI=1S/C14H21FN2O3S/c1-5-16-13(18)9-17(6-2)21(19,20)14-10(3)7-12(15)8-11(14)4/h7-8H,5-6,9H2,1-4H3,(H,16,18). The fourth-order valence-electron chi connectivity index (χ4n) is 2.21. The molecule has 1 aromatic rings. The first-order chi connectivity index (χ1) is 9.73. The second-order valence-electron chi connectivity index (χ2n) is 4.75. The lowest BCUT2D eigenvalue weighted by Gasteiger charge is -2.22. The SMILES string of the molecule is CCNC(=O)CN(CC)S(=O)(=O)c1c(C)cc(F)cc1C. The van der Waals surface area contributed by atoms with Gasteiger partial charge in [0, 0.05) is 13.1 Å². The van der Waals surface area contributed by atoms with E-state index in [1.54, 1.807) is 27.7 Å². The number of aryl methyl sites for hydroxylation is 2. The highest BCUT2D eigenvalue weighted by Crippen LogP contribution is 2.24. The number of sulfonamides is 1. The van der Waals surface area contributed by atoms with Gasteiger partial charge in [0.25, 0.3) is 0 Å². The summed E-state index contributed by atoms with van der Waals surface area (Å²) >= 11 is 0. The van der Waals surface area contributed by atoms with Crippen LogP contribution in [0.25, 0.3) is 0 Å². The van der Waals surface area contributed by atoms with E-state index in [0.717, 1.165) is 4.31 Å². The van der Waals surface area contributed by atoms with Crippen molar-refractivity contribution in [3.05, 3.63) is 29.1 Å². The van der Waals surface area contributed by atoms with Crippen molar-refractivity contribution < 1.29 is 17.6 Å². The molecule has 0 bridgehead atoms. The first-order valence-corrected chi connectivity index (χ1v) is 8.21. The maximum Gasteiger partial charge on any atom is 0.244 e. The van der Waals surface area contributed by atoms with Crippen molar-refractivity contribution in [1.29, 1.82) is 0 Å². The summed E-state index contributed by atoms with van der Waals surface area (Å²) in [4.78, 5) is 11.7. The second-order valence-corrected chi connectivity index (χ2v) is 6.63. The molecule has 0 fully saturated rings. The van der Waals surface area contributed by atoms with Gasteiger partial charge in [-0.3, -0.25) is 4.79 Å². The first-order valence-electron chi connectivity index (χ1n) is 6.77. The van der Waals surface area contributed by atoms with Crippen molar-refractivity contribution in [3.63, 3.8) is 0 Å². The summed E-state index contributed by atoms with van der Waals surface area (Å²) in [5.74, 6) is -0.837. The van der Waals surface area contributed by atoms with Gasteiger partial charge in [-0.05, 0) is 44.0 Å². The molecule has 0 aliphatic heterocycles. The number of likely N-dealkylation sites (N-methyl/N-ethyl adjacent to an activating group) is 2. The number of hydrogen-bond donors (Lipinski definition) is 1. The molecule has 0 aliphatic rings. The maximum atomic E-state index is 13.3. The molecule has 0 atom stereocenters. The smallest absolute Gasteiger partial charge is 0.244 e. The Balaban J connectivity index is 3.23. The lowest BCUT2D eigenvalue weighted by Crippen LogP contribution is -2.40. The summed E-state index contributed by atoms with van der Waals surface area (Å²) in [6.45, 7) is 6.86. The van der Waals surface area contributed by atoms with Crippen LogP contribution >= 0.6 is 0 Å². The molecule has 118 valence electrons. The molecule has 0 heterocycles. The Kier molecular flexibility index (Phi) is 5.86. The van der Waals surface area contributed by atoms with Gasteiger partial charge < -0.3 is 5.32 Å². The van der Waals surface area contributed by atoms with Crippen LogP contribution in [0.1, 0.15) is 25.0 Å². The minimum Gasteiger partial charge on any atom is -0.355 e. The number of hydrogen-bond acceptors (Lipinski definition) is 3. The summed E-state index contributed by atoms with van der Waals surface area (Å²) in [7, 11) is -3.84. The van der Waals surface area contributed by atoms with Crippen LogP contribution in [0.15, 0.2) is 17.0 Å². The summed E-state index contributed by atoms with van der Waals surface area (Å²) in [6, 6.07) is 2.36. The third kappa shape index (κ3) is 4.01. The number of halogens is 1. The predicted octanol–water partition coefficient (Wildman–Crippen LogP) is 1.59. The van der Waals surface area contributed by atoms with E-state index in [4.69, 9.17) is 0 Å². The van der Waals surface area contributed by atoms with Crippen LogP contribution in [0, 0.1) is 19.7 Å². The van der Waals surface area contributed by atoms with Crippen LogP contribution in [0.3, 0.4) is 0 Å². The Labute approximate surface area is 125 Å². The zero-order valence-corrected chi connectivity index (χ0v) is 13.6. The van der Waals surface area contributed by atoms with Crippen LogP contribution < -0.4 is 5.32 Å². The summed E-state index contributed by atoms with van der Waals surface area (Å²) in [6.07, 6.45) is 0. The molecule has 0 radical (unpaired) electrons. The maximum absolute atomic E-state index is 13.3. The fraction of sp³-hybridized carbons (Fsp3) is 0.500. The number of benzene rings is 1. The second kappa shape index (κ2) is 7.00. The molecule has 21 heavy (non-hydrogen) atoms. The molecule has 0 spiro atoms. The molecule has 0 unspecified atom stereocenters. The van der Waals surface area contributed by atoms with Crippen LogP contribution in [-0.4, -0.2) is 38.3 Å². The van der Waals surface area contributed by atoms with Crippen molar-refractivity contribution in [1.82, 2.24) is 9.62 Å². The van der Waals surface area contributed by atoms with Gasteiger partial charge in [0.2, 0.25) is 15.9 Å². The lowest BCUT2D eigenvalue weighted by atomic mass is 10.1. The van der Waals surface area contributed by atoms with Crippen molar-refractivity contribution >= 4 is 15.9 Å². The first kappa shape index (κ1) is 17.6. The Morgan fingerprint density at radius 2 is 1.76 bits per heavy atom. The lowest BCUT2D eigenvalue weighted by molar-refractivity contribution is -0.121. The molecule has 1 N–H and O–H groups in total. The Hall–Kier alpha value is -1.47. The molecular weight excluding hydrogens is 295 g/mol. The number of nitrogens with one attached hydrogen (secondary N) is 1. The summed E-state index contributed by atoms with van der Waals surface area (Å²) in [5.41, 5.74) is 0.670. The van der Waals surface area contributed by atoms with Crippen molar-refractivity contribution in [2.24, 2.45) is 0 Å². The fourth-order valence-corrected chi connectivity index (χ4v) is 4.03. The Morgan fingerprint density at radius 1 is 1.24 bits per heavy atom. The quantitative estimate of drug-likeness (QED) is 0.866. The topological polar surface area (TPSA) is 66.5 Å². The number of rotatable bonds is 6. The van der Waals surface area contributed by atoms with E-state index in [-0.39, 0.29) is 23.9 Å². The number of nitrogens with zero attached hydrogens (tertiary/aromatic N) is 1. The minimum absolute atomic E-state index is 0.0649. The molecule has 0 saturated carbocycles. The zero-order chi connectivity index (χ0) is 16.2. The monoisotopic (exact) mass is 316 g/mol. The van der Waals surface area contributed by atoms with Crippen molar-refractivity contribution in [3.8, 4) is 0 Å². The molecule has 7 heteroatoms. The number of carbonyl (C=O) groups excluding carboxylic acids is 1. The summed E-state index contributed by atoms with van der Waals surface area (Å²) < 4.78 is 39.8. The van der Waals surface area contributed by atoms with Crippen LogP contribution in [0.4, 0.5) is 4.39 Å². The van der Waals surface area contributed by atoms with Crippen LogP contribution in [-0.2, 0) is 14.8 Å². The van der Waals surface area contributed by atoms with Gasteiger partial charge in [-0.15, -0.1) is 0 Å². The molecular formula is C14H21FN2O3S. The summed E-state index contributed by atoms with van der Waals surface area (Å²) in [5, 5.41) is 2.57. The van der Waals surface area contributed by atoms with Crippen molar-refractivity contribution in [2.75, 3.05) is 19.6 Å². The molecule has 1 rings (SSSR count). The molecule has 0 aromatic heterocycles. The van der Waals surface area contributed by atoms with Gasteiger partial charge in [0.15, 0.2) is 0 Å². The van der Waals surface area contributed by atoms with E-state index in [0.29, 0.717) is 17.7 Å². The van der Waals surface area contributed by atoms with E-state index < -0.39 is 15.8 Å². The average Bonchev–Trinajstić information content (AvgIpc) is 2.34. The number of carbonyl (C=O) groups is 1. The van der Waals surface area contributed by atoms with E-state index in [2.05, 4.69) is 5.32 Å². The van der Waals surface area contributed by atoms with Crippen LogP contribution in [0.2, 0.25) is 0 Å². The third-order valence-electron chi connectivity index (χ3n) is 3.07. The van der Waals surface area contributed by atoms with Gasteiger partial charge in [0.1, 0.15) is 5.82 Å². The molecule has 1 amide bonds. The largest absolute Gasteiger partial charge is 0.355 e. The van der Waals surface area contributed by atoms with Gasteiger partial charge in [-0.2, -0.15) is 4.31 Å². The van der Waals surface area contributed by atoms with E-state index in [1.165, 1.54) is 12.1 Å². The van der Waals surface area contributed by atoms with Crippen LogP contribution in [0.5, 0.6) is 0 Å². The van der Waals surface area contributed by atoms with E-state index in [1.807, 2.05) is 0 Å². The molecule has 5 nitrogen and oxygen atoms in total. The third-order valence-corrected chi connectivity index (χ3v) is 5.30. The van der Waals surface area contributed by atoms with E-state index >= 15 is 0 Å². The van der Waals surface area contributed by atoms with E-state index in [9.17, 15) is 17.6 Å². The molecule has 0 saturated heterocycles. The molecule has 1 aromatic carbocycles. The zero-order valence-electron chi connectivity index (χ0n) is 12.7. The van der Waals surface area contributed by atoms with Crippen molar-refractivity contribution in [2.45, 2.75) is 32.6 Å². The Bertz CT molecular complexity index is 606. The van der Waals surface area contributed by atoms with Gasteiger partial charge in [-0.25, -0.2) is 12.8 Å². The molecule has 0 aliphatic carbocycles.